The first kappa shape index (κ1) is 17.9. The van der Waals surface area contributed by atoms with E-state index in [-0.39, 0.29) is 24.0 Å². The van der Waals surface area contributed by atoms with Crippen LogP contribution in [-0.4, -0.2) is 12.7 Å². The van der Waals surface area contributed by atoms with Crippen LogP contribution in [0.2, 0.25) is 0 Å². The smallest absolute Gasteiger partial charge is 0.310 e. The summed E-state index contributed by atoms with van der Waals surface area (Å²) < 4.78 is 64.6. The molecule has 1 aromatic rings. The van der Waals surface area contributed by atoms with Crippen molar-refractivity contribution in [1.82, 2.24) is 5.32 Å². The third-order valence-corrected chi connectivity index (χ3v) is 3.26. The molecule has 1 nitrogen and oxygen atoms in total. The Morgan fingerprint density at radius 2 is 1.86 bits per heavy atom. The van der Waals surface area contributed by atoms with Crippen LogP contribution in [0.15, 0.2) is 12.1 Å². The topological polar surface area (TPSA) is 12.0 Å². The zero-order valence-electron chi connectivity index (χ0n) is 12.2. The van der Waals surface area contributed by atoms with Gasteiger partial charge in [0.15, 0.2) is 0 Å². The van der Waals surface area contributed by atoms with E-state index in [0.717, 1.165) is 12.5 Å². The highest BCUT2D eigenvalue weighted by Gasteiger charge is 2.28. The van der Waals surface area contributed by atoms with Gasteiger partial charge in [0.2, 0.25) is 0 Å². The molecule has 0 amide bonds. The molecule has 0 aliphatic heterocycles. The van der Waals surface area contributed by atoms with Gasteiger partial charge in [-0.15, -0.1) is 0 Å². The minimum atomic E-state index is -4.25. The van der Waals surface area contributed by atoms with Crippen molar-refractivity contribution in [2.24, 2.45) is 0 Å². The summed E-state index contributed by atoms with van der Waals surface area (Å²) in [4.78, 5) is 0. The van der Waals surface area contributed by atoms with E-state index in [0.29, 0.717) is 6.54 Å². The fourth-order valence-electron chi connectivity index (χ4n) is 2.17. The van der Waals surface area contributed by atoms with Crippen molar-refractivity contribution in [3.63, 3.8) is 0 Å². The number of rotatable bonds is 7. The zero-order valence-corrected chi connectivity index (χ0v) is 12.2. The highest BCUT2D eigenvalue weighted by Crippen LogP contribution is 2.29. The lowest BCUT2D eigenvalue weighted by Crippen LogP contribution is -2.25. The number of nitrogens with one attached hydrogen (secondary N) is 1. The summed E-state index contributed by atoms with van der Waals surface area (Å²) in [6.07, 6.45) is -4.61. The number of hydrogen-bond acceptors (Lipinski definition) is 1. The van der Waals surface area contributed by atoms with Gasteiger partial charge in [-0.05, 0) is 44.4 Å². The van der Waals surface area contributed by atoms with E-state index >= 15 is 0 Å². The summed E-state index contributed by atoms with van der Waals surface area (Å²) >= 11 is 0. The molecule has 1 atom stereocenters. The summed E-state index contributed by atoms with van der Waals surface area (Å²) in [6, 6.07) is 1.73. The second-order valence-corrected chi connectivity index (χ2v) is 5.11. The molecule has 0 saturated heterocycles. The molecule has 0 heterocycles. The second kappa shape index (κ2) is 7.73. The molecular formula is C15H20F5N. The van der Waals surface area contributed by atoms with Crippen molar-refractivity contribution >= 4 is 0 Å². The summed E-state index contributed by atoms with van der Waals surface area (Å²) in [5.74, 6) is -1.41. The minimum Gasteiger partial charge on any atom is -0.310 e. The van der Waals surface area contributed by atoms with Crippen molar-refractivity contribution in [3.8, 4) is 0 Å². The number of alkyl halides is 3. The first-order valence-corrected chi connectivity index (χ1v) is 7.01. The molecule has 0 fully saturated rings. The maximum atomic E-state index is 14.1. The Hall–Kier alpha value is -1.17. The number of benzene rings is 1. The summed E-state index contributed by atoms with van der Waals surface area (Å²) in [7, 11) is 0. The molecule has 21 heavy (non-hydrogen) atoms. The average molecular weight is 309 g/mol. The summed E-state index contributed by atoms with van der Waals surface area (Å²) in [5.41, 5.74) is 0.121. The highest BCUT2D eigenvalue weighted by molar-refractivity contribution is 5.29. The number of aryl methyl sites for hydroxylation is 1. The summed E-state index contributed by atoms with van der Waals surface area (Å²) in [5, 5.41) is 2.93. The molecule has 6 heteroatoms. The fraction of sp³-hybridized carbons (Fsp3) is 0.600. The molecule has 0 bridgehead atoms. The maximum absolute atomic E-state index is 14.1. The van der Waals surface area contributed by atoms with E-state index < -0.39 is 30.3 Å². The first-order chi connectivity index (χ1) is 9.76. The molecule has 120 valence electrons. The Morgan fingerprint density at radius 3 is 2.43 bits per heavy atom. The van der Waals surface area contributed by atoms with E-state index in [9.17, 15) is 22.0 Å². The predicted molar refractivity (Wildman–Crippen MR) is 72.0 cm³/mol. The van der Waals surface area contributed by atoms with E-state index in [1.807, 2.05) is 6.92 Å². The van der Waals surface area contributed by atoms with Gasteiger partial charge in [0.25, 0.3) is 0 Å². The predicted octanol–water partition coefficient (Wildman–Crippen LogP) is 5.05. The third kappa shape index (κ3) is 5.61. The van der Waals surface area contributed by atoms with Gasteiger partial charge in [-0.1, -0.05) is 13.0 Å². The van der Waals surface area contributed by atoms with Gasteiger partial charge in [0, 0.05) is 18.0 Å². The van der Waals surface area contributed by atoms with Crippen LogP contribution in [0.25, 0.3) is 0 Å². The second-order valence-electron chi connectivity index (χ2n) is 5.11. The van der Waals surface area contributed by atoms with Gasteiger partial charge >= 0.3 is 6.18 Å². The molecule has 0 aromatic heterocycles. The first-order valence-electron chi connectivity index (χ1n) is 7.01. The van der Waals surface area contributed by atoms with Gasteiger partial charge in [-0.25, -0.2) is 8.78 Å². The Kier molecular flexibility index (Phi) is 6.58. The van der Waals surface area contributed by atoms with Gasteiger partial charge in [0.1, 0.15) is 11.6 Å². The fourth-order valence-corrected chi connectivity index (χ4v) is 2.17. The lowest BCUT2D eigenvalue weighted by molar-refractivity contribution is -0.135. The molecule has 0 radical (unpaired) electrons. The Bertz CT molecular complexity index is 456. The average Bonchev–Trinajstić information content (AvgIpc) is 2.38. The Balaban J connectivity index is 2.89. The number of halogens is 5. The molecular weight excluding hydrogens is 289 g/mol. The van der Waals surface area contributed by atoms with Crippen LogP contribution < -0.4 is 5.32 Å². The Labute approximate surface area is 121 Å². The zero-order chi connectivity index (χ0) is 16.0. The van der Waals surface area contributed by atoms with Gasteiger partial charge in [-0.3, -0.25) is 0 Å². The van der Waals surface area contributed by atoms with Crippen LogP contribution in [0.1, 0.15) is 49.8 Å². The molecule has 1 unspecified atom stereocenters. The molecule has 0 aliphatic rings. The molecule has 0 spiro atoms. The normalized spacial score (nSPS) is 13.5. The van der Waals surface area contributed by atoms with Crippen LogP contribution in [0.4, 0.5) is 22.0 Å². The van der Waals surface area contributed by atoms with E-state index in [4.69, 9.17) is 0 Å². The van der Waals surface area contributed by atoms with Crippen LogP contribution in [0.5, 0.6) is 0 Å². The van der Waals surface area contributed by atoms with Crippen molar-refractivity contribution in [1.29, 1.82) is 0 Å². The van der Waals surface area contributed by atoms with Gasteiger partial charge < -0.3 is 5.32 Å². The lowest BCUT2D eigenvalue weighted by Gasteiger charge is -2.21. The van der Waals surface area contributed by atoms with Crippen LogP contribution in [0.3, 0.4) is 0 Å². The molecule has 0 saturated carbocycles. The molecule has 1 rings (SSSR count). The third-order valence-electron chi connectivity index (χ3n) is 3.26. The summed E-state index contributed by atoms with van der Waals surface area (Å²) in [6.45, 7) is 3.87. The van der Waals surface area contributed by atoms with Crippen molar-refractivity contribution in [3.05, 3.63) is 34.9 Å². The van der Waals surface area contributed by atoms with Crippen molar-refractivity contribution in [2.75, 3.05) is 6.54 Å². The van der Waals surface area contributed by atoms with Gasteiger partial charge in [0.05, 0.1) is 0 Å². The molecule has 1 aromatic carbocycles. The highest BCUT2D eigenvalue weighted by atomic mass is 19.4. The quantitative estimate of drug-likeness (QED) is 0.695. The minimum absolute atomic E-state index is 0.0385. The molecule has 1 N–H and O–H groups in total. The van der Waals surface area contributed by atoms with Gasteiger partial charge in [-0.2, -0.15) is 13.2 Å². The number of hydrogen-bond donors (Lipinski definition) is 1. The SMILES string of the molecule is CCCNC(CCCC(F)(F)F)c1c(F)ccc(C)c1F. The van der Waals surface area contributed by atoms with E-state index in [2.05, 4.69) is 5.32 Å². The van der Waals surface area contributed by atoms with E-state index in [1.54, 1.807) is 0 Å². The molecule has 0 aliphatic carbocycles. The Morgan fingerprint density at radius 1 is 1.19 bits per heavy atom. The van der Waals surface area contributed by atoms with Crippen LogP contribution >= 0.6 is 0 Å². The van der Waals surface area contributed by atoms with Crippen LogP contribution in [-0.2, 0) is 0 Å². The van der Waals surface area contributed by atoms with E-state index in [1.165, 1.54) is 13.0 Å². The van der Waals surface area contributed by atoms with Crippen molar-refractivity contribution in [2.45, 2.75) is 51.7 Å². The largest absolute Gasteiger partial charge is 0.389 e. The lowest BCUT2D eigenvalue weighted by atomic mass is 9.97. The maximum Gasteiger partial charge on any atom is 0.389 e. The standard InChI is InChI=1S/C15H20F5N/c1-3-9-21-12(5-4-8-15(18,19)20)13-11(16)7-6-10(2)14(13)17/h6-7,12,21H,3-5,8-9H2,1-2H3. The van der Waals surface area contributed by atoms with Crippen molar-refractivity contribution < 1.29 is 22.0 Å². The monoisotopic (exact) mass is 309 g/mol. The van der Waals surface area contributed by atoms with Crippen LogP contribution in [0, 0.1) is 18.6 Å².